The maximum atomic E-state index is 12.8. The van der Waals surface area contributed by atoms with Crippen LogP contribution < -0.4 is 4.90 Å². The van der Waals surface area contributed by atoms with E-state index >= 15 is 0 Å². The van der Waals surface area contributed by atoms with Gasteiger partial charge in [-0.15, -0.1) is 0 Å². The number of hydrogen-bond donors (Lipinski definition) is 1. The van der Waals surface area contributed by atoms with Crippen LogP contribution in [0.25, 0.3) is 0 Å². The number of rotatable bonds is 2. The molecule has 2 aliphatic heterocycles. The van der Waals surface area contributed by atoms with Crippen molar-refractivity contribution in [3.8, 4) is 0 Å². The fraction of sp³-hybridized carbons (Fsp3) is 0.667. The van der Waals surface area contributed by atoms with E-state index in [1.807, 2.05) is 4.90 Å². The van der Waals surface area contributed by atoms with Crippen molar-refractivity contribution in [2.24, 2.45) is 5.92 Å². The van der Waals surface area contributed by atoms with E-state index in [0.29, 0.717) is 31.9 Å². The van der Waals surface area contributed by atoms with E-state index in [-0.39, 0.29) is 12.0 Å². The summed E-state index contributed by atoms with van der Waals surface area (Å²) in [6.07, 6.45) is -1.37. The molecule has 2 aliphatic rings. The van der Waals surface area contributed by atoms with Crippen molar-refractivity contribution in [2.45, 2.75) is 37.6 Å². The van der Waals surface area contributed by atoms with Gasteiger partial charge in [-0.3, -0.25) is 4.98 Å². The van der Waals surface area contributed by atoms with Crippen molar-refractivity contribution >= 4 is 5.69 Å². The molecule has 22 heavy (non-hydrogen) atoms. The lowest BCUT2D eigenvalue weighted by Crippen LogP contribution is -2.46. The van der Waals surface area contributed by atoms with Crippen molar-refractivity contribution < 1.29 is 23.0 Å². The lowest BCUT2D eigenvalue weighted by Gasteiger charge is -2.38. The molecular weight excluding hydrogens is 297 g/mol. The Kier molecular flexibility index (Phi) is 4.27. The van der Waals surface area contributed by atoms with Gasteiger partial charge in [0.1, 0.15) is 5.69 Å². The van der Waals surface area contributed by atoms with Crippen molar-refractivity contribution in [3.05, 3.63) is 24.0 Å². The molecule has 1 N–H and O–H groups in total. The largest absolute Gasteiger partial charge is 0.433 e. The molecule has 0 bridgehead atoms. The van der Waals surface area contributed by atoms with Crippen LogP contribution in [0.2, 0.25) is 0 Å². The maximum Gasteiger partial charge on any atom is 0.433 e. The number of alkyl halides is 3. The first-order chi connectivity index (χ1) is 10.5. The van der Waals surface area contributed by atoms with Crippen LogP contribution >= 0.6 is 0 Å². The third-order valence-corrected chi connectivity index (χ3v) is 4.52. The van der Waals surface area contributed by atoms with Gasteiger partial charge in [0.05, 0.1) is 12.7 Å². The molecule has 7 heteroatoms. The Bertz CT molecular complexity index is 524. The van der Waals surface area contributed by atoms with Gasteiger partial charge in [0.2, 0.25) is 0 Å². The minimum absolute atomic E-state index is 0.0128. The van der Waals surface area contributed by atoms with E-state index in [4.69, 9.17) is 4.74 Å². The summed E-state index contributed by atoms with van der Waals surface area (Å²) in [5.41, 5.74) is -0.362. The van der Waals surface area contributed by atoms with E-state index in [1.165, 1.54) is 6.20 Å². The standard InChI is InChI=1S/C15H19F3N2O2/c16-15(17,18)14-8-10(3-5-19-14)20-6-1-2-12(20)11-9-22-7-4-13(11)21/h3,5,8,11-13,21H,1-2,4,6-7,9H2. The van der Waals surface area contributed by atoms with E-state index < -0.39 is 18.0 Å². The average Bonchev–Trinajstić information content (AvgIpc) is 2.96. The Morgan fingerprint density at radius 3 is 2.86 bits per heavy atom. The van der Waals surface area contributed by atoms with Gasteiger partial charge >= 0.3 is 6.18 Å². The summed E-state index contributed by atoms with van der Waals surface area (Å²) in [4.78, 5) is 5.37. The second kappa shape index (κ2) is 6.04. The van der Waals surface area contributed by atoms with Crippen LogP contribution in [0.4, 0.5) is 18.9 Å². The number of pyridine rings is 1. The molecule has 3 unspecified atom stereocenters. The van der Waals surface area contributed by atoms with Crippen LogP contribution in [-0.2, 0) is 10.9 Å². The van der Waals surface area contributed by atoms with Crippen LogP contribution in [0.3, 0.4) is 0 Å². The minimum atomic E-state index is -4.45. The molecule has 3 heterocycles. The molecule has 0 aromatic carbocycles. The first kappa shape index (κ1) is 15.6. The molecule has 4 nitrogen and oxygen atoms in total. The van der Waals surface area contributed by atoms with Crippen molar-refractivity contribution in [3.63, 3.8) is 0 Å². The molecule has 0 amide bonds. The summed E-state index contributed by atoms with van der Waals surface area (Å²) in [7, 11) is 0. The van der Waals surface area contributed by atoms with Gasteiger partial charge in [0, 0.05) is 37.0 Å². The second-order valence-electron chi connectivity index (χ2n) is 5.89. The Hall–Kier alpha value is -1.34. The average molecular weight is 316 g/mol. The quantitative estimate of drug-likeness (QED) is 0.910. The highest BCUT2D eigenvalue weighted by Gasteiger charge is 2.39. The molecule has 122 valence electrons. The minimum Gasteiger partial charge on any atom is -0.393 e. The summed E-state index contributed by atoms with van der Waals surface area (Å²) < 4.78 is 43.9. The van der Waals surface area contributed by atoms with Crippen LogP contribution in [0.5, 0.6) is 0 Å². The molecule has 3 rings (SSSR count). The summed E-state index contributed by atoms with van der Waals surface area (Å²) >= 11 is 0. The van der Waals surface area contributed by atoms with Gasteiger partial charge in [-0.25, -0.2) is 0 Å². The number of aromatic nitrogens is 1. The Balaban J connectivity index is 1.84. The predicted octanol–water partition coefficient (Wildman–Crippen LogP) is 2.47. The van der Waals surface area contributed by atoms with E-state index in [0.717, 1.165) is 18.9 Å². The maximum absolute atomic E-state index is 12.8. The van der Waals surface area contributed by atoms with Gasteiger partial charge in [-0.1, -0.05) is 0 Å². The number of anilines is 1. The van der Waals surface area contributed by atoms with E-state index in [1.54, 1.807) is 6.07 Å². The van der Waals surface area contributed by atoms with Gasteiger partial charge in [0.25, 0.3) is 0 Å². The zero-order valence-corrected chi connectivity index (χ0v) is 12.1. The number of halogens is 3. The van der Waals surface area contributed by atoms with Gasteiger partial charge in [-0.05, 0) is 31.4 Å². The summed E-state index contributed by atoms with van der Waals surface area (Å²) in [5, 5.41) is 10.2. The van der Waals surface area contributed by atoms with E-state index in [2.05, 4.69) is 4.98 Å². The first-order valence-corrected chi connectivity index (χ1v) is 7.52. The topological polar surface area (TPSA) is 45.6 Å². The molecule has 2 fully saturated rings. The zero-order chi connectivity index (χ0) is 15.7. The van der Waals surface area contributed by atoms with Crippen molar-refractivity contribution in [2.75, 3.05) is 24.7 Å². The van der Waals surface area contributed by atoms with Crippen molar-refractivity contribution in [1.29, 1.82) is 0 Å². The SMILES string of the molecule is OC1CCOCC1C1CCCN1c1ccnc(C(F)(F)F)c1. The molecule has 0 radical (unpaired) electrons. The third-order valence-electron chi connectivity index (χ3n) is 4.52. The molecule has 1 aromatic rings. The van der Waals surface area contributed by atoms with E-state index in [9.17, 15) is 18.3 Å². The van der Waals surface area contributed by atoms with Crippen LogP contribution in [0, 0.1) is 5.92 Å². The number of aliphatic hydroxyl groups is 1. The predicted molar refractivity (Wildman–Crippen MR) is 74.5 cm³/mol. The number of nitrogens with zero attached hydrogens (tertiary/aromatic N) is 2. The lowest BCUT2D eigenvalue weighted by atomic mass is 9.89. The number of ether oxygens (including phenoxy) is 1. The van der Waals surface area contributed by atoms with Gasteiger partial charge < -0.3 is 14.7 Å². The highest BCUT2D eigenvalue weighted by molar-refractivity contribution is 5.49. The summed E-state index contributed by atoms with van der Waals surface area (Å²) in [6.45, 7) is 1.69. The summed E-state index contributed by atoms with van der Waals surface area (Å²) in [6, 6.07) is 2.71. The smallest absolute Gasteiger partial charge is 0.393 e. The normalized spacial score (nSPS) is 29.8. The molecular formula is C15H19F3N2O2. The molecule has 1 aromatic heterocycles. The van der Waals surface area contributed by atoms with Crippen LogP contribution in [0.1, 0.15) is 25.0 Å². The fourth-order valence-electron chi connectivity index (χ4n) is 3.43. The first-order valence-electron chi connectivity index (χ1n) is 7.52. The Morgan fingerprint density at radius 1 is 1.32 bits per heavy atom. The number of hydrogen-bond acceptors (Lipinski definition) is 4. The van der Waals surface area contributed by atoms with Crippen molar-refractivity contribution in [1.82, 2.24) is 4.98 Å². The molecule has 3 atom stereocenters. The zero-order valence-electron chi connectivity index (χ0n) is 12.1. The molecule has 0 spiro atoms. The number of aliphatic hydroxyl groups excluding tert-OH is 1. The van der Waals surface area contributed by atoms with Crippen LogP contribution in [0.15, 0.2) is 18.3 Å². The second-order valence-corrected chi connectivity index (χ2v) is 5.89. The van der Waals surface area contributed by atoms with Gasteiger partial charge in [0.15, 0.2) is 0 Å². The molecule has 0 saturated carbocycles. The van der Waals surface area contributed by atoms with Gasteiger partial charge in [-0.2, -0.15) is 13.2 Å². The fourth-order valence-corrected chi connectivity index (χ4v) is 3.43. The Morgan fingerprint density at radius 2 is 2.14 bits per heavy atom. The third kappa shape index (κ3) is 3.05. The summed E-state index contributed by atoms with van der Waals surface area (Å²) in [5.74, 6) is -0.0567. The highest BCUT2D eigenvalue weighted by Crippen LogP contribution is 2.35. The highest BCUT2D eigenvalue weighted by atomic mass is 19.4. The Labute approximate surface area is 126 Å². The molecule has 0 aliphatic carbocycles. The molecule has 2 saturated heterocycles. The lowest BCUT2D eigenvalue weighted by molar-refractivity contribution is -0.141. The monoisotopic (exact) mass is 316 g/mol. The van der Waals surface area contributed by atoms with Crippen LogP contribution in [-0.4, -0.2) is 42.0 Å².